The second-order valence-electron chi connectivity index (χ2n) is 11.9. The molecule has 0 fully saturated rings. The number of hydrogen-bond donors (Lipinski definition) is 0. The molecule has 7 rings (SSSR count). The van der Waals surface area contributed by atoms with Crippen molar-refractivity contribution in [3.63, 3.8) is 0 Å². The number of Topliss-reactive ketones (excluding diaryl/α,β-unsaturated/α-hetero) is 1. The molecule has 0 saturated carbocycles. The normalized spacial score (nSPS) is 12.2. The van der Waals surface area contributed by atoms with Crippen LogP contribution in [0.25, 0.3) is 44.5 Å². The Balaban J connectivity index is 1.54. The number of hydrogen-bond acceptors (Lipinski definition) is 1. The molecule has 0 amide bonds. The van der Waals surface area contributed by atoms with E-state index in [1.165, 1.54) is 0 Å². The van der Waals surface area contributed by atoms with E-state index in [4.69, 9.17) is 25.7 Å². The molecule has 0 radical (unpaired) electrons. The zero-order valence-electron chi connectivity index (χ0n) is 27.1. The van der Waals surface area contributed by atoms with Crippen LogP contribution in [0.1, 0.15) is 44.5 Å². The Morgan fingerprint density at radius 2 is 0.580 bits per heavy atom. The van der Waals surface area contributed by atoms with E-state index in [0.29, 0.717) is 44.5 Å². The second-order valence-corrected chi connectivity index (χ2v) is 11.9. The average molecular weight is 633 g/mol. The predicted molar refractivity (Wildman–Crippen MR) is 207 cm³/mol. The second kappa shape index (κ2) is 13.4. The molecule has 230 valence electrons. The molecule has 0 heterocycles. The highest BCUT2D eigenvalue weighted by Crippen LogP contribution is 2.50. The van der Waals surface area contributed by atoms with Crippen molar-refractivity contribution in [3.8, 4) is 71.6 Å². The third-order valence-corrected chi connectivity index (χ3v) is 8.88. The lowest BCUT2D eigenvalue weighted by molar-refractivity contribution is -0.108. The Hall–Kier alpha value is -7.29. The van der Waals surface area contributed by atoms with Gasteiger partial charge in [0.25, 0.3) is 0 Å². The monoisotopic (exact) mass is 632 g/mol. The first-order chi connectivity index (χ1) is 24.5. The number of terminal acetylenes is 4. The van der Waals surface area contributed by atoms with E-state index in [1.54, 1.807) is 12.1 Å². The summed E-state index contributed by atoms with van der Waals surface area (Å²) in [4.78, 5) is 15.1. The molecule has 0 N–H and O–H groups in total. The predicted octanol–water partition coefficient (Wildman–Crippen LogP) is 10.1. The minimum absolute atomic E-state index is 0.177. The third kappa shape index (κ3) is 5.85. The zero-order chi connectivity index (χ0) is 34.6. The maximum atomic E-state index is 15.1. The Morgan fingerprint density at radius 1 is 0.300 bits per heavy atom. The van der Waals surface area contributed by atoms with Gasteiger partial charge in [0.15, 0.2) is 5.78 Å². The van der Waals surface area contributed by atoms with Crippen LogP contribution in [0.3, 0.4) is 0 Å². The molecule has 0 bridgehead atoms. The van der Waals surface area contributed by atoms with E-state index in [2.05, 4.69) is 96.5 Å². The van der Waals surface area contributed by atoms with E-state index in [1.807, 2.05) is 60.7 Å². The standard InChI is InChI=1S/C49H28O/c1-5-33-27-34(6-2)30-43(29-33)47-45(41-23-19-39(20-24-41)37-15-11-9-12-16-37)46(42-25-21-40(22-26-42)38-17-13-10-14-18-38)48(49(47)50)44-31-35(7-3)28-36(8-4)32-44/h1-4,9-32H. The van der Waals surface area contributed by atoms with Gasteiger partial charge in [-0.15, -0.1) is 25.7 Å². The highest BCUT2D eigenvalue weighted by molar-refractivity contribution is 6.59. The van der Waals surface area contributed by atoms with Crippen LogP contribution in [0.4, 0.5) is 0 Å². The summed E-state index contributed by atoms with van der Waals surface area (Å²) >= 11 is 0. The van der Waals surface area contributed by atoms with Gasteiger partial charge in [-0.2, -0.15) is 0 Å². The fourth-order valence-corrected chi connectivity index (χ4v) is 6.53. The summed E-state index contributed by atoms with van der Waals surface area (Å²) in [6.45, 7) is 0. The molecular weight excluding hydrogens is 605 g/mol. The van der Waals surface area contributed by atoms with Crippen molar-refractivity contribution in [1.82, 2.24) is 0 Å². The SMILES string of the molecule is C#Cc1cc(C#C)cc(C2=C(c3ccc(-c4ccccc4)cc3)C(c3ccc(-c4ccccc4)cc3)=C(c3cc(C#C)cc(C#C)c3)C2=O)c1. The smallest absolute Gasteiger partial charge is 0.195 e. The quantitative estimate of drug-likeness (QED) is 0.167. The van der Waals surface area contributed by atoms with Crippen molar-refractivity contribution in [2.75, 3.05) is 0 Å². The molecule has 0 aliphatic heterocycles. The lowest BCUT2D eigenvalue weighted by Gasteiger charge is -2.15. The topological polar surface area (TPSA) is 17.1 Å². The first-order valence-corrected chi connectivity index (χ1v) is 16.0. The van der Waals surface area contributed by atoms with Crippen molar-refractivity contribution in [3.05, 3.63) is 190 Å². The molecule has 0 atom stereocenters. The Kier molecular flexibility index (Phi) is 8.42. The van der Waals surface area contributed by atoms with E-state index in [-0.39, 0.29) is 5.78 Å². The highest BCUT2D eigenvalue weighted by atomic mass is 16.1. The van der Waals surface area contributed by atoms with Crippen molar-refractivity contribution in [2.24, 2.45) is 0 Å². The first kappa shape index (κ1) is 31.3. The highest BCUT2D eigenvalue weighted by Gasteiger charge is 2.36. The number of allylic oxidation sites excluding steroid dienone is 4. The van der Waals surface area contributed by atoms with Crippen molar-refractivity contribution in [2.45, 2.75) is 0 Å². The van der Waals surface area contributed by atoms with Crippen LogP contribution in [0.15, 0.2) is 146 Å². The minimum Gasteiger partial charge on any atom is -0.289 e. The van der Waals surface area contributed by atoms with Crippen LogP contribution in [0.5, 0.6) is 0 Å². The zero-order valence-corrected chi connectivity index (χ0v) is 27.1. The van der Waals surface area contributed by atoms with Gasteiger partial charge in [-0.25, -0.2) is 0 Å². The fraction of sp³-hybridized carbons (Fsp3) is 0. The van der Waals surface area contributed by atoms with Crippen LogP contribution in [0, 0.1) is 49.4 Å². The molecule has 6 aromatic carbocycles. The first-order valence-electron chi connectivity index (χ1n) is 16.0. The van der Waals surface area contributed by atoms with Gasteiger partial charge in [-0.1, -0.05) is 133 Å². The van der Waals surface area contributed by atoms with Gasteiger partial charge >= 0.3 is 0 Å². The van der Waals surface area contributed by atoms with Gasteiger partial charge < -0.3 is 0 Å². The molecule has 1 heteroatoms. The summed E-state index contributed by atoms with van der Waals surface area (Å²) < 4.78 is 0. The van der Waals surface area contributed by atoms with Crippen LogP contribution < -0.4 is 0 Å². The average Bonchev–Trinajstić information content (AvgIpc) is 3.50. The minimum atomic E-state index is -0.177. The van der Waals surface area contributed by atoms with Gasteiger partial charge in [0.1, 0.15) is 0 Å². The molecule has 1 aliphatic rings. The Labute approximate surface area is 293 Å². The summed E-state index contributed by atoms with van der Waals surface area (Å²) in [6, 6.07) is 47.8. The molecular formula is C49H28O. The van der Waals surface area contributed by atoms with E-state index < -0.39 is 0 Å². The molecule has 6 aromatic rings. The van der Waals surface area contributed by atoms with Crippen LogP contribution >= 0.6 is 0 Å². The summed E-state index contributed by atoms with van der Waals surface area (Å²) in [5.41, 5.74) is 12.2. The molecule has 1 nitrogen and oxygen atoms in total. The number of carbonyl (C=O) groups is 1. The summed E-state index contributed by atoms with van der Waals surface area (Å²) in [5, 5.41) is 0. The van der Waals surface area contributed by atoms with E-state index in [9.17, 15) is 0 Å². The Bertz CT molecular complexity index is 2290. The van der Waals surface area contributed by atoms with Gasteiger partial charge in [-0.3, -0.25) is 4.79 Å². The number of rotatable bonds is 6. The number of ketones is 1. The van der Waals surface area contributed by atoms with Gasteiger partial charge in [0.2, 0.25) is 0 Å². The summed E-state index contributed by atoms with van der Waals surface area (Å²) in [6.07, 6.45) is 23.6. The van der Waals surface area contributed by atoms with Gasteiger partial charge in [-0.05, 0) is 80.9 Å². The summed E-state index contributed by atoms with van der Waals surface area (Å²) in [5.74, 6) is 10.7. The van der Waals surface area contributed by atoms with Gasteiger partial charge in [0.05, 0.1) is 0 Å². The van der Waals surface area contributed by atoms with Crippen molar-refractivity contribution < 1.29 is 4.79 Å². The van der Waals surface area contributed by atoms with E-state index in [0.717, 1.165) is 44.5 Å². The van der Waals surface area contributed by atoms with Gasteiger partial charge in [0, 0.05) is 44.5 Å². The maximum absolute atomic E-state index is 15.1. The molecule has 50 heavy (non-hydrogen) atoms. The molecule has 0 unspecified atom stereocenters. The van der Waals surface area contributed by atoms with E-state index >= 15 is 4.79 Å². The van der Waals surface area contributed by atoms with Crippen LogP contribution in [0.2, 0.25) is 0 Å². The van der Waals surface area contributed by atoms with Crippen molar-refractivity contribution >= 4 is 28.1 Å². The molecule has 0 spiro atoms. The largest absolute Gasteiger partial charge is 0.289 e. The lowest BCUT2D eigenvalue weighted by Crippen LogP contribution is -2.03. The number of benzene rings is 6. The third-order valence-electron chi connectivity index (χ3n) is 8.88. The van der Waals surface area contributed by atoms with Crippen molar-refractivity contribution in [1.29, 1.82) is 0 Å². The molecule has 1 aliphatic carbocycles. The number of carbonyl (C=O) groups excluding carboxylic acids is 1. The molecule has 0 saturated heterocycles. The lowest BCUT2D eigenvalue weighted by atomic mass is 9.87. The van der Waals surface area contributed by atoms with Crippen LogP contribution in [-0.4, -0.2) is 5.78 Å². The summed E-state index contributed by atoms with van der Waals surface area (Å²) in [7, 11) is 0. The fourth-order valence-electron chi connectivity index (χ4n) is 6.53. The molecule has 0 aromatic heterocycles. The van der Waals surface area contributed by atoms with Crippen LogP contribution in [-0.2, 0) is 4.79 Å². The maximum Gasteiger partial charge on any atom is 0.195 e. The Morgan fingerprint density at radius 3 is 0.880 bits per heavy atom.